The van der Waals surface area contributed by atoms with Crippen LogP contribution in [0.15, 0.2) is 167 Å². The van der Waals surface area contributed by atoms with E-state index in [0.717, 1.165) is 77.6 Å². The van der Waals surface area contributed by atoms with Crippen LogP contribution < -0.4 is 4.90 Å². The van der Waals surface area contributed by atoms with Crippen molar-refractivity contribution in [2.75, 3.05) is 4.90 Å². The SMILES string of the molecule is c1ccc(-c2nc3cc(N(c4ccc5c(c4)oc4ccccc45)c4ccccc4-c4ccccc4)c4ccccc4c3o2)cc1. The van der Waals surface area contributed by atoms with E-state index in [1.807, 2.05) is 42.5 Å². The zero-order valence-corrected chi connectivity index (χ0v) is 24.2. The third kappa shape index (κ3) is 4.19. The van der Waals surface area contributed by atoms with Crippen LogP contribution in [-0.2, 0) is 0 Å². The summed E-state index contributed by atoms with van der Waals surface area (Å²) in [5.74, 6) is 0.604. The Hall–Kier alpha value is -6.13. The molecule has 212 valence electrons. The number of oxazole rings is 1. The summed E-state index contributed by atoms with van der Waals surface area (Å²) in [6.45, 7) is 0. The van der Waals surface area contributed by atoms with Gasteiger partial charge in [0.1, 0.15) is 16.7 Å². The molecule has 2 aromatic heterocycles. The van der Waals surface area contributed by atoms with Crippen LogP contribution in [0, 0.1) is 0 Å². The summed E-state index contributed by atoms with van der Waals surface area (Å²) in [4.78, 5) is 7.34. The molecule has 0 amide bonds. The second kappa shape index (κ2) is 10.2. The van der Waals surface area contributed by atoms with Gasteiger partial charge in [-0.3, -0.25) is 0 Å². The molecule has 9 aromatic rings. The van der Waals surface area contributed by atoms with Crippen molar-refractivity contribution in [2.45, 2.75) is 0 Å². The third-order valence-electron chi connectivity index (χ3n) is 8.49. The van der Waals surface area contributed by atoms with Crippen LogP contribution >= 0.6 is 0 Å². The molecule has 45 heavy (non-hydrogen) atoms. The zero-order valence-electron chi connectivity index (χ0n) is 24.2. The van der Waals surface area contributed by atoms with Crippen molar-refractivity contribution < 1.29 is 8.83 Å². The highest BCUT2D eigenvalue weighted by Gasteiger charge is 2.23. The molecule has 0 saturated carbocycles. The number of hydrogen-bond acceptors (Lipinski definition) is 4. The van der Waals surface area contributed by atoms with E-state index in [0.29, 0.717) is 5.89 Å². The van der Waals surface area contributed by atoms with E-state index < -0.39 is 0 Å². The van der Waals surface area contributed by atoms with Gasteiger partial charge in [-0.25, -0.2) is 4.98 Å². The summed E-state index contributed by atoms with van der Waals surface area (Å²) in [6.07, 6.45) is 0. The summed E-state index contributed by atoms with van der Waals surface area (Å²) in [5, 5.41) is 4.27. The number of hydrogen-bond donors (Lipinski definition) is 0. The Balaban J connectivity index is 1.35. The minimum atomic E-state index is 0.604. The molecule has 0 bridgehead atoms. The van der Waals surface area contributed by atoms with Crippen molar-refractivity contribution in [1.29, 1.82) is 0 Å². The van der Waals surface area contributed by atoms with Gasteiger partial charge in [-0.05, 0) is 48.0 Å². The molecule has 0 N–H and O–H groups in total. The fourth-order valence-electron chi connectivity index (χ4n) is 6.42. The number of anilines is 3. The van der Waals surface area contributed by atoms with E-state index in [2.05, 4.69) is 120 Å². The predicted octanol–water partition coefficient (Wildman–Crippen LogP) is 11.7. The molecule has 7 aromatic carbocycles. The van der Waals surface area contributed by atoms with Crippen LogP contribution in [0.1, 0.15) is 0 Å². The lowest BCUT2D eigenvalue weighted by Gasteiger charge is -2.29. The Morgan fingerprint density at radius 1 is 0.444 bits per heavy atom. The van der Waals surface area contributed by atoms with Gasteiger partial charge >= 0.3 is 0 Å². The minimum Gasteiger partial charge on any atom is -0.456 e. The van der Waals surface area contributed by atoms with Crippen LogP contribution in [0.5, 0.6) is 0 Å². The van der Waals surface area contributed by atoms with Gasteiger partial charge in [-0.2, -0.15) is 0 Å². The number of benzene rings is 7. The second-order valence-electron chi connectivity index (χ2n) is 11.2. The summed E-state index contributed by atoms with van der Waals surface area (Å²) >= 11 is 0. The Bertz CT molecular complexity index is 2490. The van der Waals surface area contributed by atoms with E-state index in [1.165, 1.54) is 0 Å². The molecule has 0 aliphatic rings. The van der Waals surface area contributed by atoms with Crippen molar-refractivity contribution in [3.8, 4) is 22.6 Å². The van der Waals surface area contributed by atoms with E-state index >= 15 is 0 Å². The lowest BCUT2D eigenvalue weighted by molar-refractivity contribution is 0.623. The van der Waals surface area contributed by atoms with Gasteiger partial charge in [-0.1, -0.05) is 109 Å². The number of furan rings is 1. The van der Waals surface area contributed by atoms with Crippen LogP contribution in [0.2, 0.25) is 0 Å². The van der Waals surface area contributed by atoms with Crippen molar-refractivity contribution in [2.24, 2.45) is 0 Å². The van der Waals surface area contributed by atoms with E-state index in [9.17, 15) is 0 Å². The van der Waals surface area contributed by atoms with Crippen molar-refractivity contribution in [3.63, 3.8) is 0 Å². The van der Waals surface area contributed by atoms with Gasteiger partial charge < -0.3 is 13.7 Å². The topological polar surface area (TPSA) is 42.4 Å². The summed E-state index contributed by atoms with van der Waals surface area (Å²) in [6, 6.07) is 54.4. The largest absolute Gasteiger partial charge is 0.456 e. The third-order valence-corrected chi connectivity index (χ3v) is 8.49. The first-order valence-corrected chi connectivity index (χ1v) is 15.1. The minimum absolute atomic E-state index is 0.604. The molecule has 4 heteroatoms. The zero-order chi connectivity index (χ0) is 29.7. The number of para-hydroxylation sites is 2. The van der Waals surface area contributed by atoms with Crippen LogP contribution in [0.3, 0.4) is 0 Å². The van der Waals surface area contributed by atoms with Gasteiger partial charge in [0.25, 0.3) is 0 Å². The number of rotatable bonds is 5. The molecular weight excluding hydrogens is 552 g/mol. The van der Waals surface area contributed by atoms with E-state index in [1.54, 1.807) is 0 Å². The van der Waals surface area contributed by atoms with Crippen molar-refractivity contribution in [1.82, 2.24) is 4.98 Å². The van der Waals surface area contributed by atoms with Crippen LogP contribution in [0.25, 0.3) is 66.4 Å². The lowest BCUT2D eigenvalue weighted by atomic mass is 10.00. The molecular formula is C41H26N2O2. The highest BCUT2D eigenvalue weighted by Crippen LogP contribution is 2.46. The molecule has 0 saturated heterocycles. The molecule has 0 aliphatic heterocycles. The van der Waals surface area contributed by atoms with Gasteiger partial charge in [0.2, 0.25) is 5.89 Å². The number of aromatic nitrogens is 1. The Kier molecular flexibility index (Phi) is 5.78. The normalized spacial score (nSPS) is 11.6. The van der Waals surface area contributed by atoms with Crippen LogP contribution in [0.4, 0.5) is 17.1 Å². The first kappa shape index (κ1) is 25.4. The summed E-state index contributed by atoms with van der Waals surface area (Å²) in [7, 11) is 0. The van der Waals surface area contributed by atoms with E-state index in [4.69, 9.17) is 13.8 Å². The molecule has 0 unspecified atom stereocenters. The molecule has 0 atom stereocenters. The fourth-order valence-corrected chi connectivity index (χ4v) is 6.42. The number of nitrogens with zero attached hydrogens (tertiary/aromatic N) is 2. The van der Waals surface area contributed by atoms with Gasteiger partial charge in [0.05, 0.1) is 11.4 Å². The van der Waals surface area contributed by atoms with Gasteiger partial charge in [0.15, 0.2) is 5.58 Å². The first-order chi connectivity index (χ1) is 22.3. The fraction of sp³-hybridized carbons (Fsp3) is 0. The standard InChI is InChI=1S/C41H26N2O2/c1-3-13-27(14-4-1)30-17-9-11-21-36(30)43(29-23-24-33-32-19-10-12-22-38(32)44-39(33)25-29)37-26-35-40(34-20-8-7-18-31(34)37)45-41(42-35)28-15-5-2-6-16-28/h1-26H. The predicted molar refractivity (Wildman–Crippen MR) is 184 cm³/mol. The van der Waals surface area contributed by atoms with Crippen molar-refractivity contribution >= 4 is 60.9 Å². The average molecular weight is 579 g/mol. The highest BCUT2D eigenvalue weighted by molar-refractivity contribution is 6.13. The molecule has 2 heterocycles. The Labute approximate surface area is 259 Å². The maximum atomic E-state index is 6.45. The second-order valence-corrected chi connectivity index (χ2v) is 11.2. The average Bonchev–Trinajstić information content (AvgIpc) is 3.71. The highest BCUT2D eigenvalue weighted by atomic mass is 16.3. The van der Waals surface area contributed by atoms with Crippen LogP contribution in [-0.4, -0.2) is 4.98 Å². The molecule has 0 spiro atoms. The Morgan fingerprint density at radius 2 is 1.09 bits per heavy atom. The van der Waals surface area contributed by atoms with E-state index in [-0.39, 0.29) is 0 Å². The first-order valence-electron chi connectivity index (χ1n) is 15.1. The summed E-state index contributed by atoms with van der Waals surface area (Å²) in [5.41, 5.74) is 9.55. The maximum absolute atomic E-state index is 6.45. The maximum Gasteiger partial charge on any atom is 0.227 e. The molecule has 0 radical (unpaired) electrons. The molecule has 0 aliphatic carbocycles. The monoisotopic (exact) mass is 578 g/mol. The van der Waals surface area contributed by atoms with Crippen molar-refractivity contribution in [3.05, 3.63) is 158 Å². The molecule has 9 rings (SSSR count). The molecule has 0 fully saturated rings. The van der Waals surface area contributed by atoms with Gasteiger partial charge in [0, 0.05) is 44.4 Å². The Morgan fingerprint density at radius 3 is 1.91 bits per heavy atom. The van der Waals surface area contributed by atoms with Gasteiger partial charge in [-0.15, -0.1) is 0 Å². The lowest BCUT2D eigenvalue weighted by Crippen LogP contribution is -2.12. The number of fused-ring (bicyclic) bond motifs is 6. The summed E-state index contributed by atoms with van der Waals surface area (Å²) < 4.78 is 12.8. The molecule has 4 nitrogen and oxygen atoms in total. The smallest absolute Gasteiger partial charge is 0.227 e. The quantitative estimate of drug-likeness (QED) is 0.204.